The van der Waals surface area contributed by atoms with E-state index in [1.54, 1.807) is 0 Å². The highest BCUT2D eigenvalue weighted by Gasteiger charge is 2.12. The Hall–Kier alpha value is -2.53. The molecule has 0 radical (unpaired) electrons. The largest absolute Gasteiger partial charge is 0.489 e. The molecule has 0 spiro atoms. The van der Waals surface area contributed by atoms with Gasteiger partial charge in [0, 0.05) is 18.8 Å². The van der Waals surface area contributed by atoms with E-state index in [9.17, 15) is 4.79 Å². The summed E-state index contributed by atoms with van der Waals surface area (Å²) in [5, 5.41) is 2.95. The van der Waals surface area contributed by atoms with Crippen LogP contribution in [0, 0.1) is 0 Å². The topological polar surface area (TPSA) is 50.8 Å². The van der Waals surface area contributed by atoms with Gasteiger partial charge in [0.15, 0.2) is 0 Å². The molecule has 5 nitrogen and oxygen atoms in total. The number of hydrogen-bond donors (Lipinski definition) is 1. The molecule has 1 amide bonds. The first-order valence-electron chi connectivity index (χ1n) is 9.09. The van der Waals surface area contributed by atoms with Crippen LogP contribution < -0.4 is 15.0 Å². The van der Waals surface area contributed by atoms with Crippen LogP contribution in [0.15, 0.2) is 48.5 Å². The van der Waals surface area contributed by atoms with E-state index in [0.717, 1.165) is 31.9 Å². The monoisotopic (exact) mass is 354 g/mol. The van der Waals surface area contributed by atoms with Crippen molar-refractivity contribution < 1.29 is 14.3 Å². The molecular formula is C21H26N2O3. The first-order valence-corrected chi connectivity index (χ1v) is 9.09. The van der Waals surface area contributed by atoms with Crippen LogP contribution in [0.2, 0.25) is 0 Å². The van der Waals surface area contributed by atoms with Crippen LogP contribution in [0.4, 0.5) is 11.4 Å². The van der Waals surface area contributed by atoms with E-state index in [-0.39, 0.29) is 12.0 Å². The Morgan fingerprint density at radius 2 is 1.81 bits per heavy atom. The van der Waals surface area contributed by atoms with E-state index in [0.29, 0.717) is 17.9 Å². The molecule has 0 unspecified atom stereocenters. The summed E-state index contributed by atoms with van der Waals surface area (Å²) in [4.78, 5) is 14.7. The number of para-hydroxylation sites is 2. The summed E-state index contributed by atoms with van der Waals surface area (Å²) in [6.07, 6.45) is 0.389. The summed E-state index contributed by atoms with van der Waals surface area (Å²) in [6.45, 7) is 7.28. The average Bonchev–Trinajstić information content (AvgIpc) is 2.64. The van der Waals surface area contributed by atoms with Gasteiger partial charge in [0.05, 0.1) is 31.4 Å². The number of morpholine rings is 1. The molecular weight excluding hydrogens is 328 g/mol. The minimum Gasteiger partial charge on any atom is -0.489 e. The van der Waals surface area contributed by atoms with E-state index in [4.69, 9.17) is 9.47 Å². The maximum Gasteiger partial charge on any atom is 0.228 e. The molecule has 0 aromatic heterocycles. The molecule has 1 heterocycles. The van der Waals surface area contributed by atoms with E-state index in [2.05, 4.69) is 22.3 Å². The Bertz CT molecular complexity index is 722. The van der Waals surface area contributed by atoms with Gasteiger partial charge in [0.25, 0.3) is 0 Å². The third kappa shape index (κ3) is 4.99. The number of nitrogens with zero attached hydrogens (tertiary/aromatic N) is 1. The molecule has 2 aromatic rings. The minimum absolute atomic E-state index is 0.0519. The predicted molar refractivity (Wildman–Crippen MR) is 104 cm³/mol. The maximum atomic E-state index is 12.4. The standard InChI is InChI=1S/C21H26N2O3/c1-16(2)26-20-6-4-3-5-19(20)22-21(24)15-17-7-9-18(10-8-17)23-11-13-25-14-12-23/h3-10,16H,11-15H2,1-2H3,(H,22,24). The third-order valence-electron chi connectivity index (χ3n) is 4.20. The third-order valence-corrected chi connectivity index (χ3v) is 4.20. The summed E-state index contributed by atoms with van der Waals surface area (Å²) in [7, 11) is 0. The van der Waals surface area contributed by atoms with Gasteiger partial charge < -0.3 is 19.7 Å². The van der Waals surface area contributed by atoms with E-state index in [1.165, 1.54) is 5.69 Å². The van der Waals surface area contributed by atoms with Crippen LogP contribution in [0.5, 0.6) is 5.75 Å². The lowest BCUT2D eigenvalue weighted by atomic mass is 10.1. The second-order valence-corrected chi connectivity index (χ2v) is 6.65. The van der Waals surface area contributed by atoms with Crippen molar-refractivity contribution in [3.8, 4) is 5.75 Å². The minimum atomic E-state index is -0.0519. The summed E-state index contributed by atoms with van der Waals surface area (Å²) in [5.74, 6) is 0.641. The van der Waals surface area contributed by atoms with Gasteiger partial charge in [0.2, 0.25) is 5.91 Å². The second kappa shape index (κ2) is 8.72. The Morgan fingerprint density at radius 3 is 2.50 bits per heavy atom. The van der Waals surface area contributed by atoms with Crippen LogP contribution in [0.1, 0.15) is 19.4 Å². The summed E-state index contributed by atoms with van der Waals surface area (Å²) in [6, 6.07) is 15.7. The number of carbonyl (C=O) groups excluding carboxylic acids is 1. The molecule has 0 aliphatic carbocycles. The summed E-state index contributed by atoms with van der Waals surface area (Å²) < 4.78 is 11.1. The molecule has 2 aromatic carbocycles. The van der Waals surface area contributed by atoms with Gasteiger partial charge in [-0.3, -0.25) is 4.79 Å². The molecule has 1 N–H and O–H groups in total. The molecule has 0 bridgehead atoms. The zero-order chi connectivity index (χ0) is 18.4. The van der Waals surface area contributed by atoms with Crippen molar-refractivity contribution in [3.63, 3.8) is 0 Å². The van der Waals surface area contributed by atoms with Crippen molar-refractivity contribution in [3.05, 3.63) is 54.1 Å². The Labute approximate surface area is 154 Å². The summed E-state index contributed by atoms with van der Waals surface area (Å²) in [5.41, 5.74) is 2.87. The first-order chi connectivity index (χ1) is 12.6. The number of carbonyl (C=O) groups is 1. The van der Waals surface area contributed by atoms with Crippen LogP contribution in [-0.2, 0) is 16.0 Å². The van der Waals surface area contributed by atoms with Crippen molar-refractivity contribution in [1.82, 2.24) is 0 Å². The quantitative estimate of drug-likeness (QED) is 0.863. The second-order valence-electron chi connectivity index (χ2n) is 6.65. The van der Waals surface area contributed by atoms with E-state index >= 15 is 0 Å². The molecule has 1 saturated heterocycles. The van der Waals surface area contributed by atoms with Crippen molar-refractivity contribution in [2.24, 2.45) is 0 Å². The fourth-order valence-corrected chi connectivity index (χ4v) is 2.95. The molecule has 1 aliphatic rings. The predicted octanol–water partition coefficient (Wildman–Crippen LogP) is 3.49. The molecule has 3 rings (SSSR count). The lowest BCUT2D eigenvalue weighted by molar-refractivity contribution is -0.115. The van der Waals surface area contributed by atoms with Gasteiger partial charge in [-0.25, -0.2) is 0 Å². The fraction of sp³-hybridized carbons (Fsp3) is 0.381. The number of benzene rings is 2. The molecule has 26 heavy (non-hydrogen) atoms. The van der Waals surface area contributed by atoms with Gasteiger partial charge in [-0.1, -0.05) is 24.3 Å². The SMILES string of the molecule is CC(C)Oc1ccccc1NC(=O)Cc1ccc(N2CCOCC2)cc1. The van der Waals surface area contributed by atoms with Crippen molar-refractivity contribution >= 4 is 17.3 Å². The van der Waals surface area contributed by atoms with Crippen molar-refractivity contribution in [2.45, 2.75) is 26.4 Å². The van der Waals surface area contributed by atoms with Crippen LogP contribution in [-0.4, -0.2) is 38.3 Å². The smallest absolute Gasteiger partial charge is 0.228 e. The lowest BCUT2D eigenvalue weighted by Gasteiger charge is -2.28. The molecule has 0 saturated carbocycles. The zero-order valence-electron chi connectivity index (χ0n) is 15.4. The van der Waals surface area contributed by atoms with Gasteiger partial charge in [-0.05, 0) is 43.7 Å². The number of ether oxygens (including phenoxy) is 2. The highest BCUT2D eigenvalue weighted by Crippen LogP contribution is 2.25. The number of nitrogens with one attached hydrogen (secondary N) is 1. The first kappa shape index (κ1) is 18.3. The normalized spacial score (nSPS) is 14.3. The molecule has 0 atom stereocenters. The number of rotatable bonds is 6. The van der Waals surface area contributed by atoms with Crippen LogP contribution in [0.3, 0.4) is 0 Å². The summed E-state index contributed by atoms with van der Waals surface area (Å²) >= 11 is 0. The van der Waals surface area contributed by atoms with Gasteiger partial charge in [-0.2, -0.15) is 0 Å². The van der Waals surface area contributed by atoms with E-state index in [1.807, 2.05) is 50.2 Å². The Balaban J connectivity index is 1.60. The number of hydrogen-bond acceptors (Lipinski definition) is 4. The van der Waals surface area contributed by atoms with Gasteiger partial charge >= 0.3 is 0 Å². The molecule has 1 fully saturated rings. The maximum absolute atomic E-state index is 12.4. The average molecular weight is 354 g/mol. The Kier molecular flexibility index (Phi) is 6.12. The van der Waals surface area contributed by atoms with Crippen molar-refractivity contribution in [1.29, 1.82) is 0 Å². The number of anilines is 2. The van der Waals surface area contributed by atoms with Crippen molar-refractivity contribution in [2.75, 3.05) is 36.5 Å². The molecule has 5 heteroatoms. The highest BCUT2D eigenvalue weighted by molar-refractivity contribution is 5.93. The fourth-order valence-electron chi connectivity index (χ4n) is 2.95. The van der Waals surface area contributed by atoms with Crippen LogP contribution in [0.25, 0.3) is 0 Å². The molecule has 1 aliphatic heterocycles. The number of amides is 1. The van der Waals surface area contributed by atoms with E-state index < -0.39 is 0 Å². The van der Waals surface area contributed by atoms with Gasteiger partial charge in [-0.15, -0.1) is 0 Å². The lowest BCUT2D eigenvalue weighted by Crippen LogP contribution is -2.36. The van der Waals surface area contributed by atoms with Crippen LogP contribution >= 0.6 is 0 Å². The highest BCUT2D eigenvalue weighted by atomic mass is 16.5. The Morgan fingerprint density at radius 1 is 1.12 bits per heavy atom. The zero-order valence-corrected chi connectivity index (χ0v) is 15.4. The molecule has 138 valence electrons. The van der Waals surface area contributed by atoms with Gasteiger partial charge in [0.1, 0.15) is 5.75 Å².